The summed E-state index contributed by atoms with van der Waals surface area (Å²) in [6.07, 6.45) is 0.323. The number of nitrogens with zero attached hydrogens (tertiary/aromatic N) is 1. The Kier molecular flexibility index (Phi) is 4.62. The highest BCUT2D eigenvalue weighted by Gasteiger charge is 2.20. The molecule has 3 amide bonds. The summed E-state index contributed by atoms with van der Waals surface area (Å²) in [5.74, 6) is -0.0704. The van der Waals surface area contributed by atoms with Crippen LogP contribution in [0.3, 0.4) is 0 Å². The second-order valence-corrected chi connectivity index (χ2v) is 6.20. The van der Waals surface area contributed by atoms with Crippen LogP contribution in [-0.2, 0) is 11.2 Å². The second-order valence-electron chi connectivity index (χ2n) is 5.28. The maximum atomic E-state index is 12.1. The van der Waals surface area contributed by atoms with Crippen molar-refractivity contribution in [3.63, 3.8) is 0 Å². The second kappa shape index (κ2) is 6.83. The van der Waals surface area contributed by atoms with Crippen LogP contribution in [0.2, 0.25) is 0 Å². The van der Waals surface area contributed by atoms with Gasteiger partial charge < -0.3 is 10.6 Å². The molecule has 2 aromatic rings. The summed E-state index contributed by atoms with van der Waals surface area (Å²) in [5, 5.41) is 5.62. The van der Waals surface area contributed by atoms with Crippen LogP contribution in [0.25, 0.3) is 0 Å². The van der Waals surface area contributed by atoms with Gasteiger partial charge in [0.05, 0.1) is 6.42 Å². The first-order chi connectivity index (χ1) is 11.1. The zero-order chi connectivity index (χ0) is 16.2. The molecule has 23 heavy (non-hydrogen) atoms. The SMILES string of the molecule is O=C(Cc1ccc(Br)cc1)Nc1ccc(N2CCNC2=O)cc1. The third-order valence-electron chi connectivity index (χ3n) is 3.60. The Bertz CT molecular complexity index is 714. The molecule has 1 heterocycles. The quantitative estimate of drug-likeness (QED) is 0.864. The Hall–Kier alpha value is -2.34. The van der Waals surface area contributed by atoms with Crippen molar-refractivity contribution < 1.29 is 9.59 Å². The summed E-state index contributed by atoms with van der Waals surface area (Å²) in [5.41, 5.74) is 2.50. The monoisotopic (exact) mass is 373 g/mol. The number of nitrogens with one attached hydrogen (secondary N) is 2. The van der Waals surface area contributed by atoms with Crippen molar-refractivity contribution in [1.29, 1.82) is 0 Å². The molecule has 0 unspecified atom stereocenters. The van der Waals surface area contributed by atoms with Crippen LogP contribution in [-0.4, -0.2) is 25.0 Å². The summed E-state index contributed by atoms with van der Waals surface area (Å²) in [4.78, 5) is 25.3. The zero-order valence-corrected chi connectivity index (χ0v) is 14.0. The van der Waals surface area contributed by atoms with Crippen LogP contribution in [0.1, 0.15) is 5.56 Å². The van der Waals surface area contributed by atoms with E-state index >= 15 is 0 Å². The van der Waals surface area contributed by atoms with Gasteiger partial charge in [0.1, 0.15) is 0 Å². The molecule has 0 spiro atoms. The van der Waals surface area contributed by atoms with Gasteiger partial charge in [-0.3, -0.25) is 9.69 Å². The minimum Gasteiger partial charge on any atom is -0.336 e. The van der Waals surface area contributed by atoms with E-state index in [4.69, 9.17) is 0 Å². The lowest BCUT2D eigenvalue weighted by molar-refractivity contribution is -0.115. The molecule has 1 saturated heterocycles. The molecule has 6 heteroatoms. The minimum absolute atomic E-state index is 0.0704. The first kappa shape index (κ1) is 15.6. The average molecular weight is 374 g/mol. The number of benzene rings is 2. The molecular formula is C17H16BrN3O2. The van der Waals surface area contributed by atoms with E-state index in [0.29, 0.717) is 19.5 Å². The number of urea groups is 1. The van der Waals surface area contributed by atoms with Crippen molar-refractivity contribution in [1.82, 2.24) is 5.32 Å². The molecule has 0 radical (unpaired) electrons. The molecule has 1 fully saturated rings. The fraction of sp³-hybridized carbons (Fsp3) is 0.176. The van der Waals surface area contributed by atoms with Crippen LogP contribution in [0.5, 0.6) is 0 Å². The number of halogens is 1. The Morgan fingerprint density at radius 1 is 1.13 bits per heavy atom. The number of carbonyl (C=O) groups is 2. The summed E-state index contributed by atoms with van der Waals surface area (Å²) < 4.78 is 0.989. The van der Waals surface area contributed by atoms with E-state index in [1.165, 1.54) is 0 Å². The maximum absolute atomic E-state index is 12.1. The highest BCUT2D eigenvalue weighted by Crippen LogP contribution is 2.19. The molecule has 5 nitrogen and oxygen atoms in total. The molecule has 2 aromatic carbocycles. The van der Waals surface area contributed by atoms with Crippen LogP contribution < -0.4 is 15.5 Å². The zero-order valence-electron chi connectivity index (χ0n) is 12.4. The van der Waals surface area contributed by atoms with Crippen molar-refractivity contribution >= 4 is 39.2 Å². The third kappa shape index (κ3) is 3.90. The van der Waals surface area contributed by atoms with Crippen LogP contribution in [0.15, 0.2) is 53.0 Å². The van der Waals surface area contributed by atoms with Gasteiger partial charge in [0.15, 0.2) is 0 Å². The number of amides is 3. The Balaban J connectivity index is 1.60. The Labute approximate surface area is 142 Å². The fourth-order valence-electron chi connectivity index (χ4n) is 2.44. The van der Waals surface area contributed by atoms with Gasteiger partial charge in [-0.1, -0.05) is 28.1 Å². The van der Waals surface area contributed by atoms with Gasteiger partial charge >= 0.3 is 6.03 Å². The van der Waals surface area contributed by atoms with Crippen molar-refractivity contribution in [3.8, 4) is 0 Å². The topological polar surface area (TPSA) is 61.4 Å². The Morgan fingerprint density at radius 3 is 2.43 bits per heavy atom. The summed E-state index contributed by atoms with van der Waals surface area (Å²) in [7, 11) is 0. The predicted octanol–water partition coefficient (Wildman–Crippen LogP) is 3.16. The smallest absolute Gasteiger partial charge is 0.321 e. The summed E-state index contributed by atoms with van der Waals surface area (Å²) in [6.45, 7) is 1.32. The van der Waals surface area contributed by atoms with Gasteiger partial charge in [0.25, 0.3) is 0 Å². The highest BCUT2D eigenvalue weighted by molar-refractivity contribution is 9.10. The van der Waals surface area contributed by atoms with Crippen LogP contribution in [0.4, 0.5) is 16.2 Å². The van der Waals surface area contributed by atoms with Crippen molar-refractivity contribution in [2.24, 2.45) is 0 Å². The van der Waals surface area contributed by atoms with Gasteiger partial charge in [-0.25, -0.2) is 4.79 Å². The maximum Gasteiger partial charge on any atom is 0.321 e. The lowest BCUT2D eigenvalue weighted by atomic mass is 10.1. The van der Waals surface area contributed by atoms with E-state index < -0.39 is 0 Å². The Morgan fingerprint density at radius 2 is 1.83 bits per heavy atom. The lowest BCUT2D eigenvalue weighted by Gasteiger charge is -2.14. The number of anilines is 2. The number of carbonyl (C=O) groups excluding carboxylic acids is 2. The van der Waals surface area contributed by atoms with E-state index in [9.17, 15) is 9.59 Å². The molecule has 1 aliphatic heterocycles. The molecule has 0 saturated carbocycles. The molecule has 2 N–H and O–H groups in total. The number of rotatable bonds is 4. The molecular weight excluding hydrogens is 358 g/mol. The highest BCUT2D eigenvalue weighted by atomic mass is 79.9. The van der Waals surface area contributed by atoms with Gasteiger partial charge in [-0.15, -0.1) is 0 Å². The third-order valence-corrected chi connectivity index (χ3v) is 4.13. The van der Waals surface area contributed by atoms with E-state index in [-0.39, 0.29) is 11.9 Å². The normalized spacial score (nSPS) is 13.8. The van der Waals surface area contributed by atoms with Gasteiger partial charge in [0.2, 0.25) is 5.91 Å². The van der Waals surface area contributed by atoms with E-state index in [1.807, 2.05) is 36.4 Å². The van der Waals surface area contributed by atoms with Crippen molar-refractivity contribution in [2.45, 2.75) is 6.42 Å². The van der Waals surface area contributed by atoms with E-state index in [2.05, 4.69) is 26.6 Å². The largest absolute Gasteiger partial charge is 0.336 e. The number of hydrogen-bond acceptors (Lipinski definition) is 2. The first-order valence-corrected chi connectivity index (χ1v) is 8.11. The van der Waals surface area contributed by atoms with Crippen molar-refractivity contribution in [3.05, 3.63) is 58.6 Å². The molecule has 0 bridgehead atoms. The van der Waals surface area contributed by atoms with Crippen LogP contribution in [0, 0.1) is 0 Å². The molecule has 0 atom stereocenters. The van der Waals surface area contributed by atoms with Gasteiger partial charge in [-0.05, 0) is 42.0 Å². The fourth-order valence-corrected chi connectivity index (χ4v) is 2.70. The van der Waals surface area contributed by atoms with Gasteiger partial charge in [0, 0.05) is 28.9 Å². The standard InChI is InChI=1S/C17H16BrN3O2/c18-13-3-1-12(2-4-13)11-16(22)20-14-5-7-15(8-6-14)21-10-9-19-17(21)23/h1-8H,9-11H2,(H,19,23)(H,20,22). The minimum atomic E-state index is -0.0861. The van der Waals surface area contributed by atoms with Crippen LogP contribution >= 0.6 is 15.9 Å². The van der Waals surface area contributed by atoms with E-state index in [1.54, 1.807) is 17.0 Å². The van der Waals surface area contributed by atoms with E-state index in [0.717, 1.165) is 21.4 Å². The van der Waals surface area contributed by atoms with Gasteiger partial charge in [-0.2, -0.15) is 0 Å². The average Bonchev–Trinajstić information content (AvgIpc) is 2.96. The summed E-state index contributed by atoms with van der Waals surface area (Å²) >= 11 is 3.37. The lowest BCUT2D eigenvalue weighted by Crippen LogP contribution is -2.27. The molecule has 0 aliphatic carbocycles. The molecule has 1 aliphatic rings. The summed E-state index contributed by atoms with van der Waals surface area (Å²) in [6, 6.07) is 14.9. The predicted molar refractivity (Wildman–Crippen MR) is 93.7 cm³/mol. The molecule has 118 valence electrons. The number of hydrogen-bond donors (Lipinski definition) is 2. The first-order valence-electron chi connectivity index (χ1n) is 7.31. The molecule has 3 rings (SSSR count). The molecule has 0 aromatic heterocycles. The van der Waals surface area contributed by atoms with Crippen molar-refractivity contribution in [2.75, 3.05) is 23.3 Å².